The predicted octanol–water partition coefficient (Wildman–Crippen LogP) is 1.05. The summed E-state index contributed by atoms with van der Waals surface area (Å²) in [6, 6.07) is 0. The predicted molar refractivity (Wildman–Crippen MR) is 43.7 cm³/mol. The van der Waals surface area contributed by atoms with Crippen LogP contribution in [0.3, 0.4) is 0 Å². The Morgan fingerprint density at radius 1 is 1.33 bits per heavy atom. The monoisotopic (exact) mass is 172 g/mol. The molecule has 1 unspecified atom stereocenters. The normalized spacial score (nSPS) is 37.8. The quantitative estimate of drug-likeness (QED) is 0.642. The smallest absolute Gasteiger partial charge is 0.163 e. The molecule has 1 saturated carbocycles. The first-order chi connectivity index (χ1) is 5.52. The fourth-order valence-corrected chi connectivity index (χ4v) is 1.68. The zero-order chi connectivity index (χ0) is 8.82. The van der Waals surface area contributed by atoms with Crippen LogP contribution in [0.1, 0.15) is 33.1 Å². The topological polar surface area (TPSA) is 38.7 Å². The average Bonchev–Trinajstić information content (AvgIpc) is 2.67. The third kappa shape index (κ3) is 1.49. The fourth-order valence-electron chi connectivity index (χ4n) is 1.68. The molecule has 1 atom stereocenters. The van der Waals surface area contributed by atoms with Gasteiger partial charge in [-0.2, -0.15) is 0 Å². The summed E-state index contributed by atoms with van der Waals surface area (Å²) in [5.41, 5.74) is -0.527. The van der Waals surface area contributed by atoms with Gasteiger partial charge in [0.1, 0.15) is 0 Å². The second-order valence-corrected chi connectivity index (χ2v) is 4.25. The Morgan fingerprint density at radius 2 is 2.00 bits per heavy atom. The molecule has 0 bridgehead atoms. The maximum Gasteiger partial charge on any atom is 0.163 e. The van der Waals surface area contributed by atoms with Gasteiger partial charge in [0.2, 0.25) is 0 Å². The summed E-state index contributed by atoms with van der Waals surface area (Å²) < 4.78 is 11.0. The highest BCUT2D eigenvalue weighted by Crippen LogP contribution is 2.44. The molecule has 12 heavy (non-hydrogen) atoms. The third-order valence-corrected chi connectivity index (χ3v) is 2.62. The van der Waals surface area contributed by atoms with Crippen LogP contribution >= 0.6 is 0 Å². The van der Waals surface area contributed by atoms with Crippen LogP contribution < -0.4 is 0 Å². The molecule has 3 heteroatoms. The number of hydrogen-bond acceptors (Lipinski definition) is 3. The van der Waals surface area contributed by atoms with Gasteiger partial charge in [0.25, 0.3) is 0 Å². The highest BCUT2D eigenvalue weighted by atomic mass is 16.7. The first-order valence-electron chi connectivity index (χ1n) is 4.56. The second-order valence-electron chi connectivity index (χ2n) is 4.25. The average molecular weight is 172 g/mol. The molecule has 0 aromatic rings. The zero-order valence-corrected chi connectivity index (χ0v) is 7.67. The zero-order valence-electron chi connectivity index (χ0n) is 7.67. The van der Waals surface area contributed by atoms with Crippen LogP contribution in [-0.4, -0.2) is 29.2 Å². The summed E-state index contributed by atoms with van der Waals surface area (Å²) in [5, 5.41) is 9.81. The molecule has 3 nitrogen and oxygen atoms in total. The van der Waals surface area contributed by atoms with Crippen molar-refractivity contribution in [2.75, 3.05) is 6.61 Å². The van der Waals surface area contributed by atoms with Crippen molar-refractivity contribution in [3.63, 3.8) is 0 Å². The van der Waals surface area contributed by atoms with Crippen LogP contribution in [0.5, 0.6) is 0 Å². The van der Waals surface area contributed by atoms with Crippen molar-refractivity contribution in [2.45, 2.75) is 50.6 Å². The van der Waals surface area contributed by atoms with E-state index >= 15 is 0 Å². The Bertz CT molecular complexity index is 184. The van der Waals surface area contributed by atoms with Crippen molar-refractivity contribution in [1.29, 1.82) is 0 Å². The van der Waals surface area contributed by atoms with Crippen molar-refractivity contribution < 1.29 is 14.6 Å². The van der Waals surface area contributed by atoms with Crippen LogP contribution in [-0.2, 0) is 9.47 Å². The Labute approximate surface area is 72.7 Å². The molecule has 1 saturated heterocycles. The van der Waals surface area contributed by atoms with Crippen molar-refractivity contribution >= 4 is 0 Å². The van der Waals surface area contributed by atoms with Gasteiger partial charge in [0, 0.05) is 6.42 Å². The van der Waals surface area contributed by atoms with Crippen LogP contribution in [0.15, 0.2) is 0 Å². The molecular weight excluding hydrogens is 156 g/mol. The van der Waals surface area contributed by atoms with Gasteiger partial charge in [-0.1, -0.05) is 0 Å². The van der Waals surface area contributed by atoms with E-state index in [1.165, 1.54) is 0 Å². The van der Waals surface area contributed by atoms with Crippen molar-refractivity contribution in [3.05, 3.63) is 0 Å². The van der Waals surface area contributed by atoms with Gasteiger partial charge in [-0.15, -0.1) is 0 Å². The number of rotatable bonds is 1. The lowest BCUT2D eigenvalue weighted by Crippen LogP contribution is -2.46. The van der Waals surface area contributed by atoms with E-state index in [0.29, 0.717) is 6.61 Å². The Hall–Kier alpha value is -0.120. The van der Waals surface area contributed by atoms with Crippen LogP contribution in [0, 0.1) is 0 Å². The van der Waals surface area contributed by atoms with E-state index in [4.69, 9.17) is 9.47 Å². The van der Waals surface area contributed by atoms with Gasteiger partial charge < -0.3 is 14.6 Å². The molecular formula is C9H16O3. The van der Waals surface area contributed by atoms with Gasteiger partial charge in [0.05, 0.1) is 18.3 Å². The highest BCUT2D eigenvalue weighted by Gasteiger charge is 2.51. The van der Waals surface area contributed by atoms with E-state index in [-0.39, 0.29) is 6.10 Å². The van der Waals surface area contributed by atoms with Gasteiger partial charge in [-0.05, 0) is 26.7 Å². The summed E-state index contributed by atoms with van der Waals surface area (Å²) >= 11 is 0. The van der Waals surface area contributed by atoms with Crippen molar-refractivity contribution in [2.24, 2.45) is 0 Å². The standard InChI is InChI=1S/C9H16O3/c1-8(2)11-6-3-7(12-8)9(10)4-5-9/h7,10H,3-6H2,1-2H3. The summed E-state index contributed by atoms with van der Waals surface area (Å²) in [6.07, 6.45) is 2.57. The maximum absolute atomic E-state index is 9.81. The molecule has 0 aromatic heterocycles. The molecule has 1 aliphatic heterocycles. The van der Waals surface area contributed by atoms with E-state index in [2.05, 4.69) is 0 Å². The summed E-state index contributed by atoms with van der Waals surface area (Å²) in [7, 11) is 0. The maximum atomic E-state index is 9.81. The van der Waals surface area contributed by atoms with E-state index in [0.717, 1.165) is 19.3 Å². The van der Waals surface area contributed by atoms with Gasteiger partial charge in [-0.3, -0.25) is 0 Å². The van der Waals surface area contributed by atoms with E-state index < -0.39 is 11.4 Å². The molecule has 2 fully saturated rings. The van der Waals surface area contributed by atoms with E-state index in [1.807, 2.05) is 13.8 Å². The molecule has 1 N–H and O–H groups in total. The van der Waals surface area contributed by atoms with Gasteiger partial charge in [-0.25, -0.2) is 0 Å². The lowest BCUT2D eigenvalue weighted by molar-refractivity contribution is -0.292. The third-order valence-electron chi connectivity index (χ3n) is 2.62. The summed E-state index contributed by atoms with van der Waals surface area (Å²) in [4.78, 5) is 0. The van der Waals surface area contributed by atoms with Gasteiger partial charge in [0.15, 0.2) is 5.79 Å². The van der Waals surface area contributed by atoms with Gasteiger partial charge >= 0.3 is 0 Å². The second kappa shape index (κ2) is 2.44. The molecule has 0 amide bonds. The largest absolute Gasteiger partial charge is 0.387 e. The van der Waals surface area contributed by atoms with Crippen LogP contribution in [0.2, 0.25) is 0 Å². The first kappa shape index (κ1) is 8.48. The minimum atomic E-state index is -0.527. The fraction of sp³-hybridized carbons (Fsp3) is 1.00. The van der Waals surface area contributed by atoms with Crippen molar-refractivity contribution in [1.82, 2.24) is 0 Å². The minimum Gasteiger partial charge on any atom is -0.387 e. The van der Waals surface area contributed by atoms with E-state index in [9.17, 15) is 5.11 Å². The number of ether oxygens (including phenoxy) is 2. The molecule has 70 valence electrons. The Morgan fingerprint density at radius 3 is 2.50 bits per heavy atom. The SMILES string of the molecule is CC1(C)OCCC(C2(O)CC2)O1. The molecule has 1 heterocycles. The summed E-state index contributed by atoms with van der Waals surface area (Å²) in [5.74, 6) is -0.513. The molecule has 0 spiro atoms. The van der Waals surface area contributed by atoms with Crippen LogP contribution in [0.25, 0.3) is 0 Å². The summed E-state index contributed by atoms with van der Waals surface area (Å²) in [6.45, 7) is 4.48. The molecule has 2 rings (SSSR count). The lowest BCUT2D eigenvalue weighted by atomic mass is 10.1. The van der Waals surface area contributed by atoms with Crippen molar-refractivity contribution in [3.8, 4) is 0 Å². The molecule has 2 aliphatic rings. The lowest BCUT2D eigenvalue weighted by Gasteiger charge is -2.38. The molecule has 1 aliphatic carbocycles. The van der Waals surface area contributed by atoms with Crippen LogP contribution in [0.4, 0.5) is 0 Å². The first-order valence-corrected chi connectivity index (χ1v) is 4.56. The molecule has 0 aromatic carbocycles. The number of aliphatic hydroxyl groups is 1. The Kier molecular flexibility index (Phi) is 1.72. The highest BCUT2D eigenvalue weighted by molar-refractivity contribution is 5.01. The number of hydrogen-bond donors (Lipinski definition) is 1. The Balaban J connectivity index is 1.99. The molecule has 0 radical (unpaired) electrons. The van der Waals surface area contributed by atoms with E-state index in [1.54, 1.807) is 0 Å². The minimum absolute atomic E-state index is 0.0127.